The number of hydrogen-bond acceptors (Lipinski definition) is 2. The molecule has 2 heteroatoms. The van der Waals surface area contributed by atoms with Crippen LogP contribution in [0, 0.1) is 0 Å². The highest BCUT2D eigenvalue weighted by molar-refractivity contribution is 7.80. The molecule has 0 atom stereocenters. The van der Waals surface area contributed by atoms with Gasteiger partial charge >= 0.3 is 0 Å². The maximum atomic E-state index is 9.21. The van der Waals surface area contributed by atoms with Gasteiger partial charge in [-0.25, -0.2) is 0 Å². The minimum absolute atomic E-state index is 0.381. The van der Waals surface area contributed by atoms with Gasteiger partial charge in [-0.05, 0) is 31.1 Å². The van der Waals surface area contributed by atoms with Crippen molar-refractivity contribution in [3.05, 3.63) is 23.0 Å². The van der Waals surface area contributed by atoms with E-state index < -0.39 is 0 Å². The van der Waals surface area contributed by atoms with Crippen LogP contribution >= 0.6 is 12.2 Å². The van der Waals surface area contributed by atoms with E-state index in [2.05, 4.69) is 0 Å². The zero-order valence-electron chi connectivity index (χ0n) is 6.14. The third-order valence-corrected chi connectivity index (χ3v) is 2.12. The average molecular weight is 154 g/mol. The first-order chi connectivity index (χ1) is 4.61. The monoisotopic (exact) mass is 154 g/mol. The summed E-state index contributed by atoms with van der Waals surface area (Å²) in [7, 11) is 0. The van der Waals surface area contributed by atoms with E-state index in [1.54, 1.807) is 6.08 Å². The second kappa shape index (κ2) is 2.54. The number of allylic oxidation sites excluding steroid dienone is 3. The summed E-state index contributed by atoms with van der Waals surface area (Å²) < 4.78 is 0. The Hall–Kier alpha value is -0.630. The van der Waals surface area contributed by atoms with E-state index in [9.17, 15) is 5.11 Å². The Labute approximate surface area is 66.1 Å². The molecule has 0 fully saturated rings. The van der Waals surface area contributed by atoms with Gasteiger partial charge in [0.2, 0.25) is 0 Å². The van der Waals surface area contributed by atoms with Crippen molar-refractivity contribution in [3.8, 4) is 0 Å². The van der Waals surface area contributed by atoms with Crippen molar-refractivity contribution >= 4 is 17.1 Å². The molecule has 1 aliphatic rings. The molecular weight excluding hydrogens is 144 g/mol. The normalized spacial score (nSPS) is 19.4. The number of hydrogen-bond donors (Lipinski definition) is 1. The molecule has 10 heavy (non-hydrogen) atoms. The predicted molar refractivity (Wildman–Crippen MR) is 46.3 cm³/mol. The molecule has 0 aromatic carbocycles. The Bertz CT molecular complexity index is 236. The lowest BCUT2D eigenvalue weighted by atomic mass is 9.99. The van der Waals surface area contributed by atoms with Gasteiger partial charge in [0.1, 0.15) is 5.76 Å². The van der Waals surface area contributed by atoms with E-state index in [4.69, 9.17) is 12.2 Å². The van der Waals surface area contributed by atoms with Crippen LogP contribution < -0.4 is 0 Å². The topological polar surface area (TPSA) is 20.2 Å². The molecule has 0 saturated heterocycles. The SMILES string of the molecule is CC1=CC(O)=C(C)CC1=S. The summed E-state index contributed by atoms with van der Waals surface area (Å²) in [6.07, 6.45) is 2.46. The van der Waals surface area contributed by atoms with Gasteiger partial charge in [-0.2, -0.15) is 0 Å². The van der Waals surface area contributed by atoms with Crippen LogP contribution in [0.25, 0.3) is 0 Å². The van der Waals surface area contributed by atoms with Crippen molar-refractivity contribution in [3.63, 3.8) is 0 Å². The molecule has 0 unspecified atom stereocenters. The lowest BCUT2D eigenvalue weighted by Gasteiger charge is -2.11. The summed E-state index contributed by atoms with van der Waals surface area (Å²) in [5.41, 5.74) is 1.98. The van der Waals surface area contributed by atoms with Gasteiger partial charge in [0, 0.05) is 11.3 Å². The smallest absolute Gasteiger partial charge is 0.115 e. The molecule has 0 heterocycles. The van der Waals surface area contributed by atoms with Crippen LogP contribution in [0.4, 0.5) is 0 Å². The van der Waals surface area contributed by atoms with Gasteiger partial charge in [-0.15, -0.1) is 0 Å². The largest absolute Gasteiger partial charge is 0.508 e. The third-order valence-electron chi connectivity index (χ3n) is 1.66. The van der Waals surface area contributed by atoms with E-state index >= 15 is 0 Å². The summed E-state index contributed by atoms with van der Waals surface area (Å²) in [6, 6.07) is 0. The van der Waals surface area contributed by atoms with Crippen molar-refractivity contribution in [1.82, 2.24) is 0 Å². The van der Waals surface area contributed by atoms with E-state index in [0.717, 1.165) is 22.4 Å². The third kappa shape index (κ3) is 1.27. The van der Waals surface area contributed by atoms with Crippen molar-refractivity contribution in [1.29, 1.82) is 0 Å². The summed E-state index contributed by atoms with van der Waals surface area (Å²) in [5.74, 6) is 0.381. The molecule has 0 saturated carbocycles. The van der Waals surface area contributed by atoms with Crippen LogP contribution in [-0.4, -0.2) is 9.97 Å². The van der Waals surface area contributed by atoms with Gasteiger partial charge in [0.15, 0.2) is 0 Å². The number of thiocarbonyl (C=S) groups is 1. The van der Waals surface area contributed by atoms with Gasteiger partial charge in [-0.1, -0.05) is 12.2 Å². The van der Waals surface area contributed by atoms with E-state index in [1.165, 1.54) is 0 Å². The number of aliphatic hydroxyl groups is 1. The zero-order chi connectivity index (χ0) is 7.72. The molecule has 1 rings (SSSR count). The Morgan fingerprint density at radius 3 is 2.60 bits per heavy atom. The molecule has 0 amide bonds. The van der Waals surface area contributed by atoms with Crippen LogP contribution in [0.3, 0.4) is 0 Å². The fourth-order valence-corrected chi connectivity index (χ4v) is 1.16. The molecule has 1 N–H and O–H groups in total. The second-order valence-corrected chi connectivity index (χ2v) is 3.09. The van der Waals surface area contributed by atoms with Crippen LogP contribution in [0.2, 0.25) is 0 Å². The molecule has 0 aromatic heterocycles. The highest BCUT2D eigenvalue weighted by Crippen LogP contribution is 2.19. The molecule has 1 nitrogen and oxygen atoms in total. The molecule has 0 aliphatic heterocycles. The highest BCUT2D eigenvalue weighted by Gasteiger charge is 2.10. The van der Waals surface area contributed by atoms with Crippen LogP contribution in [-0.2, 0) is 0 Å². The van der Waals surface area contributed by atoms with Crippen LogP contribution in [0.5, 0.6) is 0 Å². The fourth-order valence-electron chi connectivity index (χ4n) is 0.880. The molecule has 0 bridgehead atoms. The quantitative estimate of drug-likeness (QED) is 0.541. The highest BCUT2D eigenvalue weighted by atomic mass is 32.1. The molecule has 0 aromatic rings. The standard InChI is InChI=1S/C8H10OS/c1-5-4-8(10)6(2)3-7(5)9/h3,9H,4H2,1-2H3. The average Bonchev–Trinajstić information content (AvgIpc) is 1.84. The zero-order valence-corrected chi connectivity index (χ0v) is 6.96. The van der Waals surface area contributed by atoms with Crippen LogP contribution in [0.15, 0.2) is 23.0 Å². The van der Waals surface area contributed by atoms with Gasteiger partial charge < -0.3 is 5.11 Å². The Morgan fingerprint density at radius 1 is 1.50 bits per heavy atom. The Morgan fingerprint density at radius 2 is 2.10 bits per heavy atom. The Kier molecular flexibility index (Phi) is 1.90. The fraction of sp³-hybridized carbons (Fsp3) is 0.375. The Balaban J connectivity index is 2.99. The first kappa shape index (κ1) is 7.48. The first-order valence-corrected chi connectivity index (χ1v) is 3.62. The summed E-state index contributed by atoms with van der Waals surface area (Å²) in [5, 5.41) is 9.21. The molecule has 54 valence electrons. The molecular formula is C8H10OS. The van der Waals surface area contributed by atoms with E-state index in [-0.39, 0.29) is 0 Å². The summed E-state index contributed by atoms with van der Waals surface area (Å²) in [6.45, 7) is 3.82. The second-order valence-electron chi connectivity index (χ2n) is 2.59. The summed E-state index contributed by atoms with van der Waals surface area (Å²) in [4.78, 5) is 0.940. The van der Waals surface area contributed by atoms with Gasteiger partial charge in [0.05, 0.1) is 0 Å². The molecule has 1 aliphatic carbocycles. The van der Waals surface area contributed by atoms with Crippen molar-refractivity contribution < 1.29 is 5.11 Å². The minimum Gasteiger partial charge on any atom is -0.508 e. The molecule has 0 spiro atoms. The maximum Gasteiger partial charge on any atom is 0.115 e. The van der Waals surface area contributed by atoms with E-state index in [0.29, 0.717) is 5.76 Å². The lowest BCUT2D eigenvalue weighted by molar-refractivity contribution is 0.423. The lowest BCUT2D eigenvalue weighted by Crippen LogP contribution is -2.04. The van der Waals surface area contributed by atoms with Gasteiger partial charge in [-0.3, -0.25) is 0 Å². The summed E-state index contributed by atoms with van der Waals surface area (Å²) >= 11 is 5.04. The predicted octanol–water partition coefficient (Wildman–Crippen LogP) is 2.54. The van der Waals surface area contributed by atoms with Crippen LogP contribution in [0.1, 0.15) is 20.3 Å². The maximum absolute atomic E-state index is 9.21. The minimum atomic E-state index is 0.381. The number of rotatable bonds is 0. The molecule has 0 radical (unpaired) electrons. The van der Waals surface area contributed by atoms with Crippen molar-refractivity contribution in [2.45, 2.75) is 20.3 Å². The first-order valence-electron chi connectivity index (χ1n) is 3.21. The van der Waals surface area contributed by atoms with Crippen molar-refractivity contribution in [2.24, 2.45) is 0 Å². The van der Waals surface area contributed by atoms with E-state index in [1.807, 2.05) is 13.8 Å². The number of aliphatic hydroxyl groups excluding tert-OH is 1. The van der Waals surface area contributed by atoms with Crippen molar-refractivity contribution in [2.75, 3.05) is 0 Å². The van der Waals surface area contributed by atoms with Gasteiger partial charge in [0.25, 0.3) is 0 Å².